The first-order chi connectivity index (χ1) is 6.01. The van der Waals surface area contributed by atoms with Gasteiger partial charge in [0.25, 0.3) is 0 Å². The van der Waals surface area contributed by atoms with Crippen LogP contribution in [0.2, 0.25) is 0 Å². The van der Waals surface area contributed by atoms with Crippen LogP contribution in [0.4, 0.5) is 0 Å². The number of carboxylic acids is 1. The van der Waals surface area contributed by atoms with Crippen molar-refractivity contribution in [1.82, 2.24) is 0 Å². The van der Waals surface area contributed by atoms with Crippen LogP contribution in [0.5, 0.6) is 0 Å². The summed E-state index contributed by atoms with van der Waals surface area (Å²) in [6.45, 7) is 1.66. The van der Waals surface area contributed by atoms with E-state index in [0.717, 1.165) is 0 Å². The summed E-state index contributed by atoms with van der Waals surface area (Å²) in [6, 6.07) is 0. The van der Waals surface area contributed by atoms with Crippen molar-refractivity contribution < 1.29 is 9.90 Å². The molecule has 0 fully saturated rings. The summed E-state index contributed by atoms with van der Waals surface area (Å²) >= 11 is 1.78. The van der Waals surface area contributed by atoms with Crippen molar-refractivity contribution in [3.8, 4) is 0 Å². The van der Waals surface area contributed by atoms with E-state index in [1.165, 1.54) is 0 Å². The van der Waals surface area contributed by atoms with E-state index in [-0.39, 0.29) is 5.57 Å². The third-order valence-corrected chi connectivity index (χ3v) is 3.07. The van der Waals surface area contributed by atoms with E-state index in [4.69, 9.17) is 5.11 Å². The molecule has 0 saturated carbocycles. The average molecular weight is 293 g/mol. The Hall–Kier alpha value is -0.720. The fraction of sp³-hybridized carbons (Fsp3) is 0.375. The Labute approximate surface area is 88.8 Å². The summed E-state index contributed by atoms with van der Waals surface area (Å²) in [5, 5.41) is 11.8. The fourth-order valence-corrected chi connectivity index (χ4v) is 2.21. The van der Waals surface area contributed by atoms with Crippen LogP contribution < -0.4 is 0 Å². The van der Waals surface area contributed by atoms with Gasteiger partial charge in [-0.1, -0.05) is 12.2 Å². The molecule has 1 rings (SSSR count). The van der Waals surface area contributed by atoms with Crippen molar-refractivity contribution in [2.45, 2.75) is 16.9 Å². The Kier molecular flexibility index (Phi) is 2.84. The number of carbonyl (C=O) groups is 1. The van der Waals surface area contributed by atoms with E-state index >= 15 is 0 Å². The van der Waals surface area contributed by atoms with Gasteiger partial charge in [-0.3, -0.25) is 0 Å². The molecule has 0 aromatic rings. The van der Waals surface area contributed by atoms with Gasteiger partial charge in [0.05, 0.1) is 5.57 Å². The molecule has 0 aromatic carbocycles. The molecule has 5 heteroatoms. The van der Waals surface area contributed by atoms with Crippen molar-refractivity contribution in [2.75, 3.05) is 0 Å². The van der Waals surface area contributed by atoms with Gasteiger partial charge >= 0.3 is 5.97 Å². The second kappa shape index (κ2) is 3.57. The van der Waals surface area contributed by atoms with Gasteiger partial charge in [-0.05, 0) is 40.3 Å². The highest BCUT2D eigenvalue weighted by Crippen LogP contribution is 2.38. The highest BCUT2D eigenvalue weighted by Gasteiger charge is 2.39. The lowest BCUT2D eigenvalue weighted by Crippen LogP contribution is -2.28. The fourth-order valence-electron chi connectivity index (χ4n) is 1.29. The number of nitrogens with zero attached hydrogens (tertiary/aromatic N) is 1. The molecule has 4 nitrogen and oxygen atoms in total. The second-order valence-corrected chi connectivity index (χ2v) is 4.60. The maximum absolute atomic E-state index is 10.8. The highest BCUT2D eigenvalue weighted by molar-refractivity contribution is 14.1. The van der Waals surface area contributed by atoms with Crippen LogP contribution >= 0.6 is 22.6 Å². The van der Waals surface area contributed by atoms with Crippen LogP contribution in [0.3, 0.4) is 0 Å². The van der Waals surface area contributed by atoms with Crippen molar-refractivity contribution in [3.63, 3.8) is 0 Å². The van der Waals surface area contributed by atoms with E-state index in [1.54, 1.807) is 41.7 Å². The Morgan fingerprint density at radius 2 is 2.38 bits per heavy atom. The number of hydrogen-bond donors (Lipinski definition) is 1. The van der Waals surface area contributed by atoms with Crippen LogP contribution in [-0.2, 0) is 4.79 Å². The van der Waals surface area contributed by atoms with E-state index < -0.39 is 9.51 Å². The van der Waals surface area contributed by atoms with Crippen LogP contribution in [0, 0.1) is 4.91 Å². The molecule has 13 heavy (non-hydrogen) atoms. The third kappa shape index (κ3) is 1.79. The monoisotopic (exact) mass is 293 g/mol. The SMILES string of the molecule is CC1=C(C(=O)O)[C@](I)(N=O)CC=C1. The van der Waals surface area contributed by atoms with E-state index in [0.29, 0.717) is 12.0 Å². The molecule has 1 atom stereocenters. The largest absolute Gasteiger partial charge is 0.478 e. The molecular weight excluding hydrogens is 285 g/mol. The lowest BCUT2D eigenvalue weighted by molar-refractivity contribution is -0.133. The summed E-state index contributed by atoms with van der Waals surface area (Å²) in [4.78, 5) is 21.4. The Bertz CT molecular complexity index is 321. The van der Waals surface area contributed by atoms with E-state index in [2.05, 4.69) is 5.18 Å². The van der Waals surface area contributed by atoms with Crippen LogP contribution in [0.1, 0.15) is 13.3 Å². The molecule has 0 unspecified atom stereocenters. The molecule has 70 valence electrons. The van der Waals surface area contributed by atoms with E-state index in [1.807, 2.05) is 0 Å². The number of alkyl halides is 1. The first-order valence-corrected chi connectivity index (χ1v) is 4.74. The molecule has 0 saturated heterocycles. The van der Waals surface area contributed by atoms with Gasteiger partial charge in [0.2, 0.25) is 0 Å². The lowest BCUT2D eigenvalue weighted by Gasteiger charge is -2.23. The molecule has 0 spiro atoms. The lowest BCUT2D eigenvalue weighted by atomic mass is 9.94. The van der Waals surface area contributed by atoms with Gasteiger partial charge in [0.1, 0.15) is 0 Å². The molecule has 0 aromatic heterocycles. The molecule has 0 aliphatic heterocycles. The summed E-state index contributed by atoms with van der Waals surface area (Å²) < 4.78 is -1.14. The Morgan fingerprint density at radius 3 is 2.77 bits per heavy atom. The number of carboxylic acid groups (broad SMARTS) is 1. The van der Waals surface area contributed by atoms with Crippen molar-refractivity contribution >= 4 is 28.6 Å². The summed E-state index contributed by atoms with van der Waals surface area (Å²) in [6.07, 6.45) is 3.80. The molecule has 0 amide bonds. The van der Waals surface area contributed by atoms with Crippen molar-refractivity contribution in [2.24, 2.45) is 5.18 Å². The minimum Gasteiger partial charge on any atom is -0.478 e. The van der Waals surface area contributed by atoms with Crippen molar-refractivity contribution in [1.29, 1.82) is 0 Å². The van der Waals surface area contributed by atoms with Gasteiger partial charge < -0.3 is 5.11 Å². The zero-order valence-corrected chi connectivity index (χ0v) is 9.11. The molecule has 0 bridgehead atoms. The molecule has 0 heterocycles. The van der Waals surface area contributed by atoms with E-state index in [9.17, 15) is 9.70 Å². The van der Waals surface area contributed by atoms with Gasteiger partial charge in [0.15, 0.2) is 3.55 Å². The first kappa shape index (κ1) is 10.4. The zero-order chi connectivity index (χ0) is 10.1. The summed E-state index contributed by atoms with van der Waals surface area (Å²) in [5.41, 5.74) is 0.679. The standard InChI is InChI=1S/C8H8INO3/c1-5-3-2-4-8(9,10-13)6(5)7(11)12/h2-3H,4H2,1H3,(H,11,12)/t8-/m1/s1. The molecule has 1 aliphatic carbocycles. The average Bonchev–Trinajstić information content (AvgIpc) is 2.03. The minimum atomic E-state index is -1.14. The first-order valence-electron chi connectivity index (χ1n) is 3.66. The predicted molar refractivity (Wildman–Crippen MR) is 56.6 cm³/mol. The van der Waals surface area contributed by atoms with Crippen LogP contribution in [-0.4, -0.2) is 14.6 Å². The smallest absolute Gasteiger partial charge is 0.335 e. The number of hydrogen-bond acceptors (Lipinski definition) is 3. The van der Waals surface area contributed by atoms with Gasteiger partial charge in [-0.25, -0.2) is 4.79 Å². The quantitative estimate of drug-likeness (QED) is 0.367. The maximum Gasteiger partial charge on any atom is 0.335 e. The maximum atomic E-state index is 10.8. The zero-order valence-electron chi connectivity index (χ0n) is 6.95. The highest BCUT2D eigenvalue weighted by atomic mass is 127. The molecule has 1 aliphatic rings. The molecule has 1 N–H and O–H groups in total. The summed E-state index contributed by atoms with van der Waals surface area (Å²) in [5.74, 6) is -1.07. The predicted octanol–water partition coefficient (Wildman–Crippen LogP) is 2.25. The summed E-state index contributed by atoms with van der Waals surface area (Å²) in [7, 11) is 0. The minimum absolute atomic E-state index is 0.0885. The number of aliphatic carboxylic acids is 1. The van der Waals surface area contributed by atoms with Gasteiger partial charge in [0, 0.05) is 6.42 Å². The number of rotatable bonds is 2. The van der Waals surface area contributed by atoms with Crippen molar-refractivity contribution in [3.05, 3.63) is 28.2 Å². The number of nitroso groups, excluding NO2 is 1. The third-order valence-electron chi connectivity index (χ3n) is 1.89. The Morgan fingerprint density at radius 1 is 1.77 bits per heavy atom. The van der Waals surface area contributed by atoms with Crippen LogP contribution in [0.15, 0.2) is 28.5 Å². The second-order valence-electron chi connectivity index (χ2n) is 2.82. The van der Waals surface area contributed by atoms with Gasteiger partial charge in [-0.2, -0.15) is 0 Å². The van der Waals surface area contributed by atoms with Crippen LogP contribution in [0.25, 0.3) is 0 Å². The number of halogens is 1. The number of allylic oxidation sites excluding steroid dienone is 2. The Balaban J connectivity index is 3.25. The molecular formula is C8H8INO3. The molecule has 0 radical (unpaired) electrons. The van der Waals surface area contributed by atoms with Gasteiger partial charge in [-0.15, -0.1) is 4.91 Å². The normalized spacial score (nSPS) is 27.5. The topological polar surface area (TPSA) is 66.7 Å².